The summed E-state index contributed by atoms with van der Waals surface area (Å²) in [6.07, 6.45) is 1.15. The van der Waals surface area contributed by atoms with Gasteiger partial charge in [0, 0.05) is 9.58 Å². The zero-order valence-corrected chi connectivity index (χ0v) is 8.24. The highest BCUT2D eigenvalue weighted by atomic mass is 32.1. The van der Waals surface area contributed by atoms with E-state index in [0.29, 0.717) is 0 Å². The van der Waals surface area contributed by atoms with Crippen molar-refractivity contribution in [1.82, 2.24) is 0 Å². The van der Waals surface area contributed by atoms with Crippen molar-refractivity contribution in [3.63, 3.8) is 0 Å². The minimum Gasteiger partial charge on any atom is -0.140 e. The van der Waals surface area contributed by atoms with E-state index in [4.69, 9.17) is 0 Å². The van der Waals surface area contributed by atoms with Crippen molar-refractivity contribution in [1.29, 1.82) is 0 Å². The second-order valence-corrected chi connectivity index (χ2v) is 4.28. The van der Waals surface area contributed by atoms with E-state index in [9.17, 15) is 0 Å². The lowest BCUT2D eigenvalue weighted by molar-refractivity contribution is 1.19. The quantitative estimate of drug-likeness (QED) is 0.620. The van der Waals surface area contributed by atoms with Crippen molar-refractivity contribution in [2.75, 3.05) is 0 Å². The monoisotopic (exact) mass is 176 g/mol. The van der Waals surface area contributed by atoms with Gasteiger partial charge in [-0.05, 0) is 36.4 Å². The molecule has 0 aliphatic rings. The molecule has 62 valence electrons. The molecule has 1 heterocycles. The van der Waals surface area contributed by atoms with Crippen LogP contribution in [0.4, 0.5) is 0 Å². The van der Waals surface area contributed by atoms with Gasteiger partial charge in [-0.15, -0.1) is 11.3 Å². The topological polar surface area (TPSA) is 0 Å². The van der Waals surface area contributed by atoms with Crippen LogP contribution in [-0.2, 0) is 6.42 Å². The second-order valence-electron chi connectivity index (χ2n) is 3.11. The van der Waals surface area contributed by atoms with Gasteiger partial charge in [-0.2, -0.15) is 0 Å². The maximum absolute atomic E-state index is 2.29. The Morgan fingerprint density at radius 1 is 1.25 bits per heavy atom. The molecule has 0 saturated heterocycles. The summed E-state index contributed by atoms with van der Waals surface area (Å²) < 4.78 is 1.42. The molecule has 0 unspecified atom stereocenters. The third kappa shape index (κ3) is 1.25. The first-order valence-electron chi connectivity index (χ1n) is 4.28. The normalized spacial score (nSPS) is 10.8. The van der Waals surface area contributed by atoms with Crippen molar-refractivity contribution >= 4 is 21.4 Å². The zero-order valence-electron chi connectivity index (χ0n) is 7.42. The summed E-state index contributed by atoms with van der Waals surface area (Å²) in [5.41, 5.74) is 1.35. The third-order valence-corrected chi connectivity index (χ3v) is 3.32. The molecule has 0 fully saturated rings. The fourth-order valence-electron chi connectivity index (χ4n) is 1.37. The van der Waals surface area contributed by atoms with E-state index in [1.54, 1.807) is 0 Å². The number of fused-ring (bicyclic) bond motifs is 1. The Balaban J connectivity index is 2.67. The Labute approximate surface area is 76.8 Å². The first-order chi connectivity index (χ1) is 5.79. The molecule has 0 aliphatic heterocycles. The van der Waals surface area contributed by atoms with Gasteiger partial charge in [-0.25, -0.2) is 0 Å². The highest BCUT2D eigenvalue weighted by Gasteiger charge is 1.98. The van der Waals surface area contributed by atoms with Crippen molar-refractivity contribution in [3.05, 3.63) is 34.7 Å². The number of benzene rings is 1. The van der Waals surface area contributed by atoms with Crippen LogP contribution >= 0.6 is 11.3 Å². The van der Waals surface area contributed by atoms with Gasteiger partial charge in [0.15, 0.2) is 0 Å². The molecule has 0 spiro atoms. The molecule has 0 aliphatic carbocycles. The lowest BCUT2D eigenvalue weighted by Gasteiger charge is -1.89. The minimum absolute atomic E-state index is 1.15. The minimum atomic E-state index is 1.15. The van der Waals surface area contributed by atoms with E-state index in [1.165, 1.54) is 20.5 Å². The Bertz CT molecular complexity index is 398. The first kappa shape index (κ1) is 7.81. The molecule has 0 atom stereocenters. The Morgan fingerprint density at radius 3 is 2.83 bits per heavy atom. The van der Waals surface area contributed by atoms with Crippen LogP contribution in [-0.4, -0.2) is 0 Å². The SMILES string of the molecule is CCc1cc2ccc(C)cc2s1. The third-order valence-electron chi connectivity index (χ3n) is 2.08. The molecule has 0 radical (unpaired) electrons. The Kier molecular flexibility index (Phi) is 1.89. The molecule has 0 bridgehead atoms. The van der Waals surface area contributed by atoms with E-state index in [1.807, 2.05) is 11.3 Å². The smallest absolute Gasteiger partial charge is 0.0348 e. The molecule has 1 aromatic carbocycles. The fourth-order valence-corrected chi connectivity index (χ4v) is 2.47. The van der Waals surface area contributed by atoms with Crippen molar-refractivity contribution < 1.29 is 0 Å². The van der Waals surface area contributed by atoms with E-state index in [0.717, 1.165) is 6.42 Å². The predicted octanol–water partition coefficient (Wildman–Crippen LogP) is 3.77. The lowest BCUT2D eigenvalue weighted by Crippen LogP contribution is -1.67. The number of aryl methyl sites for hydroxylation is 2. The van der Waals surface area contributed by atoms with Crippen LogP contribution in [0.5, 0.6) is 0 Å². The van der Waals surface area contributed by atoms with E-state index in [2.05, 4.69) is 38.1 Å². The summed E-state index contributed by atoms with van der Waals surface area (Å²) in [7, 11) is 0. The van der Waals surface area contributed by atoms with Crippen molar-refractivity contribution in [2.45, 2.75) is 20.3 Å². The van der Waals surface area contributed by atoms with E-state index >= 15 is 0 Å². The van der Waals surface area contributed by atoms with Gasteiger partial charge in [0.05, 0.1) is 0 Å². The molecule has 1 heteroatoms. The van der Waals surface area contributed by atoms with Gasteiger partial charge in [0.1, 0.15) is 0 Å². The maximum Gasteiger partial charge on any atom is 0.0348 e. The Hall–Kier alpha value is -0.820. The Morgan fingerprint density at radius 2 is 2.08 bits per heavy atom. The molecule has 0 amide bonds. The van der Waals surface area contributed by atoms with Crippen LogP contribution < -0.4 is 0 Å². The molecule has 1 aromatic heterocycles. The fraction of sp³-hybridized carbons (Fsp3) is 0.273. The van der Waals surface area contributed by atoms with Crippen LogP contribution in [0.2, 0.25) is 0 Å². The van der Waals surface area contributed by atoms with Crippen LogP contribution in [0.3, 0.4) is 0 Å². The van der Waals surface area contributed by atoms with Gasteiger partial charge in [0.25, 0.3) is 0 Å². The van der Waals surface area contributed by atoms with E-state index < -0.39 is 0 Å². The molecule has 2 aromatic rings. The zero-order chi connectivity index (χ0) is 8.55. The molecule has 2 rings (SSSR count). The highest BCUT2D eigenvalue weighted by Crippen LogP contribution is 2.26. The number of rotatable bonds is 1. The summed E-state index contributed by atoms with van der Waals surface area (Å²) >= 11 is 1.91. The number of thiophene rings is 1. The summed E-state index contributed by atoms with van der Waals surface area (Å²) in [5.74, 6) is 0. The van der Waals surface area contributed by atoms with Crippen LogP contribution in [0.1, 0.15) is 17.4 Å². The predicted molar refractivity (Wildman–Crippen MR) is 55.9 cm³/mol. The van der Waals surface area contributed by atoms with Gasteiger partial charge in [-0.3, -0.25) is 0 Å². The number of hydrogen-bond acceptors (Lipinski definition) is 1. The number of hydrogen-bond donors (Lipinski definition) is 0. The molecule has 0 saturated carbocycles. The highest BCUT2D eigenvalue weighted by molar-refractivity contribution is 7.19. The molecular weight excluding hydrogens is 164 g/mol. The van der Waals surface area contributed by atoms with Gasteiger partial charge < -0.3 is 0 Å². The van der Waals surface area contributed by atoms with E-state index in [-0.39, 0.29) is 0 Å². The van der Waals surface area contributed by atoms with Crippen molar-refractivity contribution in [3.8, 4) is 0 Å². The second kappa shape index (κ2) is 2.91. The lowest BCUT2D eigenvalue weighted by atomic mass is 10.2. The summed E-state index contributed by atoms with van der Waals surface area (Å²) in [5, 5.41) is 1.39. The average molecular weight is 176 g/mol. The van der Waals surface area contributed by atoms with Gasteiger partial charge >= 0.3 is 0 Å². The van der Waals surface area contributed by atoms with Crippen LogP contribution in [0.25, 0.3) is 10.1 Å². The van der Waals surface area contributed by atoms with Gasteiger partial charge in [-0.1, -0.05) is 19.1 Å². The average Bonchev–Trinajstić information content (AvgIpc) is 2.46. The van der Waals surface area contributed by atoms with Crippen LogP contribution in [0, 0.1) is 6.92 Å². The van der Waals surface area contributed by atoms with Crippen molar-refractivity contribution in [2.24, 2.45) is 0 Å². The molecule has 0 N–H and O–H groups in total. The first-order valence-corrected chi connectivity index (χ1v) is 5.10. The van der Waals surface area contributed by atoms with Gasteiger partial charge in [0.2, 0.25) is 0 Å². The molecule has 12 heavy (non-hydrogen) atoms. The maximum atomic E-state index is 2.29. The molecule has 0 nitrogen and oxygen atoms in total. The standard InChI is InChI=1S/C11H12S/c1-3-10-7-9-5-4-8(2)6-11(9)12-10/h4-7H,3H2,1-2H3. The summed E-state index contributed by atoms with van der Waals surface area (Å²) in [4.78, 5) is 1.48. The summed E-state index contributed by atoms with van der Waals surface area (Å²) in [6.45, 7) is 4.35. The largest absolute Gasteiger partial charge is 0.140 e. The van der Waals surface area contributed by atoms with Crippen LogP contribution in [0.15, 0.2) is 24.3 Å². The molecular formula is C11H12S. The summed E-state index contributed by atoms with van der Waals surface area (Å²) in [6, 6.07) is 8.94.